The van der Waals surface area contributed by atoms with Gasteiger partial charge in [-0.05, 0) is 44.5 Å². The van der Waals surface area contributed by atoms with Crippen LogP contribution in [0, 0.1) is 13.8 Å². The minimum atomic E-state index is -0.189. The lowest BCUT2D eigenvalue weighted by atomic mass is 10.1. The predicted octanol–water partition coefficient (Wildman–Crippen LogP) is 3.95. The fourth-order valence-electron chi connectivity index (χ4n) is 3.37. The van der Waals surface area contributed by atoms with E-state index in [0.717, 1.165) is 11.3 Å². The number of nitrogens with zero attached hydrogens (tertiary/aromatic N) is 2. The first-order valence-electron chi connectivity index (χ1n) is 10.0. The topological polar surface area (TPSA) is 92.9 Å². The average Bonchev–Trinajstić information content (AvgIpc) is 3.38. The van der Waals surface area contributed by atoms with Crippen molar-refractivity contribution >= 4 is 28.7 Å². The highest BCUT2D eigenvalue weighted by molar-refractivity contribution is 7.99. The number of thioether (sulfide) groups is 1. The first kappa shape index (κ1) is 21.0. The van der Waals surface area contributed by atoms with Crippen molar-refractivity contribution in [2.24, 2.45) is 0 Å². The third-order valence-corrected chi connectivity index (χ3v) is 6.00. The molecule has 1 amide bonds. The molecule has 0 radical (unpaired) electrons. The molecule has 1 atom stereocenters. The molecule has 0 aliphatic carbocycles. The van der Waals surface area contributed by atoms with Crippen molar-refractivity contribution in [2.45, 2.75) is 38.5 Å². The number of furan rings is 1. The van der Waals surface area contributed by atoms with Gasteiger partial charge >= 0.3 is 0 Å². The number of benzene rings is 1. The Morgan fingerprint density at radius 1 is 1.26 bits per heavy atom. The lowest BCUT2D eigenvalue weighted by Crippen LogP contribution is -2.29. The first-order chi connectivity index (χ1) is 14.9. The number of rotatable bonds is 7. The van der Waals surface area contributed by atoms with Crippen LogP contribution in [0.3, 0.4) is 0 Å². The number of nitrogens with one attached hydrogen (secondary N) is 2. The third kappa shape index (κ3) is 4.74. The van der Waals surface area contributed by atoms with Crippen molar-refractivity contribution in [2.75, 3.05) is 5.75 Å². The summed E-state index contributed by atoms with van der Waals surface area (Å²) in [7, 11) is 0. The Morgan fingerprint density at radius 3 is 2.74 bits per heavy atom. The Balaban J connectivity index is 1.53. The van der Waals surface area contributed by atoms with Gasteiger partial charge in [0.05, 0.1) is 30.1 Å². The number of amides is 1. The van der Waals surface area contributed by atoms with Gasteiger partial charge in [0.15, 0.2) is 5.16 Å². The van der Waals surface area contributed by atoms with Gasteiger partial charge in [-0.15, -0.1) is 0 Å². The molecule has 160 valence electrons. The van der Waals surface area contributed by atoms with Crippen molar-refractivity contribution in [3.8, 4) is 0 Å². The molecule has 1 aromatic carbocycles. The van der Waals surface area contributed by atoms with Gasteiger partial charge in [0.1, 0.15) is 11.3 Å². The van der Waals surface area contributed by atoms with E-state index in [4.69, 9.17) is 4.42 Å². The SMILES string of the molecule is Cc1ccc([C@@H](C)NC(=O)CSc2nc3cc(C)[nH]c3c(=O)n2Cc2ccco2)cc1. The van der Waals surface area contributed by atoms with E-state index in [2.05, 4.69) is 15.3 Å². The summed E-state index contributed by atoms with van der Waals surface area (Å²) in [5.74, 6) is 0.670. The number of carbonyl (C=O) groups is 1. The largest absolute Gasteiger partial charge is 0.467 e. The molecule has 8 heteroatoms. The number of fused-ring (bicyclic) bond motifs is 1. The van der Waals surface area contributed by atoms with Gasteiger partial charge in [0, 0.05) is 5.69 Å². The molecule has 0 fully saturated rings. The van der Waals surface area contributed by atoms with E-state index in [1.165, 1.54) is 17.3 Å². The van der Waals surface area contributed by atoms with Crippen LogP contribution in [0.4, 0.5) is 0 Å². The van der Waals surface area contributed by atoms with Gasteiger partial charge in [0.2, 0.25) is 5.91 Å². The van der Waals surface area contributed by atoms with Crippen molar-refractivity contribution in [3.63, 3.8) is 0 Å². The number of aryl methyl sites for hydroxylation is 2. The molecule has 0 bridgehead atoms. The molecule has 2 N–H and O–H groups in total. The zero-order valence-corrected chi connectivity index (χ0v) is 18.5. The molecular formula is C23H24N4O3S. The molecule has 3 heterocycles. The lowest BCUT2D eigenvalue weighted by molar-refractivity contribution is -0.119. The van der Waals surface area contributed by atoms with Gasteiger partial charge in [-0.2, -0.15) is 0 Å². The zero-order valence-electron chi connectivity index (χ0n) is 17.6. The van der Waals surface area contributed by atoms with Gasteiger partial charge in [-0.1, -0.05) is 41.6 Å². The highest BCUT2D eigenvalue weighted by Crippen LogP contribution is 2.20. The van der Waals surface area contributed by atoms with E-state index < -0.39 is 0 Å². The molecule has 7 nitrogen and oxygen atoms in total. The number of hydrogen-bond acceptors (Lipinski definition) is 5. The maximum atomic E-state index is 13.1. The number of hydrogen-bond donors (Lipinski definition) is 2. The number of carbonyl (C=O) groups excluding carboxylic acids is 1. The quantitative estimate of drug-likeness (QED) is 0.338. The summed E-state index contributed by atoms with van der Waals surface area (Å²) in [6.07, 6.45) is 1.57. The monoisotopic (exact) mass is 436 g/mol. The normalized spacial score (nSPS) is 12.2. The van der Waals surface area contributed by atoms with Crippen LogP contribution in [0.15, 0.2) is 63.1 Å². The second-order valence-corrected chi connectivity index (χ2v) is 8.51. The Kier molecular flexibility index (Phi) is 5.99. The summed E-state index contributed by atoms with van der Waals surface area (Å²) in [4.78, 5) is 33.3. The molecule has 0 saturated heterocycles. The smallest absolute Gasteiger partial charge is 0.278 e. The zero-order chi connectivity index (χ0) is 22.0. The fraction of sp³-hybridized carbons (Fsp3) is 0.261. The van der Waals surface area contributed by atoms with Crippen molar-refractivity contribution in [3.05, 3.63) is 81.7 Å². The molecular weight excluding hydrogens is 412 g/mol. The summed E-state index contributed by atoms with van der Waals surface area (Å²) in [6, 6.07) is 13.4. The highest BCUT2D eigenvalue weighted by Gasteiger charge is 2.17. The van der Waals surface area contributed by atoms with Gasteiger partial charge < -0.3 is 14.7 Å². The van der Waals surface area contributed by atoms with Gasteiger partial charge in [0.25, 0.3) is 5.56 Å². The van der Waals surface area contributed by atoms with Crippen molar-refractivity contribution in [1.29, 1.82) is 0 Å². The summed E-state index contributed by atoms with van der Waals surface area (Å²) in [6.45, 7) is 6.11. The van der Waals surface area contributed by atoms with E-state index in [1.54, 1.807) is 23.0 Å². The van der Waals surface area contributed by atoms with Crippen LogP contribution in [-0.2, 0) is 11.3 Å². The molecule has 31 heavy (non-hydrogen) atoms. The second-order valence-electron chi connectivity index (χ2n) is 7.57. The Morgan fingerprint density at radius 2 is 2.03 bits per heavy atom. The average molecular weight is 437 g/mol. The van der Waals surface area contributed by atoms with Crippen molar-refractivity contribution < 1.29 is 9.21 Å². The number of aromatic amines is 1. The molecule has 0 aliphatic heterocycles. The van der Waals surface area contributed by atoms with Gasteiger partial charge in [-0.3, -0.25) is 14.2 Å². The highest BCUT2D eigenvalue weighted by atomic mass is 32.2. The maximum Gasteiger partial charge on any atom is 0.278 e. The number of aromatic nitrogens is 3. The molecule has 4 rings (SSSR count). The Bertz CT molecular complexity index is 1260. The van der Waals surface area contributed by atoms with E-state index in [0.29, 0.717) is 22.0 Å². The summed E-state index contributed by atoms with van der Waals surface area (Å²) in [5.41, 5.74) is 3.93. The second kappa shape index (κ2) is 8.85. The van der Waals surface area contributed by atoms with Crippen LogP contribution in [0.1, 0.15) is 35.5 Å². The summed E-state index contributed by atoms with van der Waals surface area (Å²) >= 11 is 1.24. The Labute approximate surface area is 183 Å². The van der Waals surface area contributed by atoms with Crippen LogP contribution in [0.2, 0.25) is 0 Å². The predicted molar refractivity (Wildman–Crippen MR) is 121 cm³/mol. The molecule has 0 spiro atoms. The minimum absolute atomic E-state index is 0.109. The fourth-order valence-corrected chi connectivity index (χ4v) is 4.18. The summed E-state index contributed by atoms with van der Waals surface area (Å²) in [5, 5.41) is 3.49. The molecule has 0 unspecified atom stereocenters. The van der Waals surface area contributed by atoms with Crippen LogP contribution >= 0.6 is 11.8 Å². The lowest BCUT2D eigenvalue weighted by Gasteiger charge is -2.15. The summed E-state index contributed by atoms with van der Waals surface area (Å²) < 4.78 is 6.95. The maximum absolute atomic E-state index is 13.1. The molecule has 0 aliphatic rings. The minimum Gasteiger partial charge on any atom is -0.467 e. The van der Waals surface area contributed by atoms with E-state index in [9.17, 15) is 9.59 Å². The standard InChI is InChI=1S/C23H24N4O3S/c1-14-6-8-17(9-7-14)16(3)25-20(28)13-31-23-26-19-11-15(2)24-21(19)22(29)27(23)12-18-5-4-10-30-18/h4-11,16,24H,12-13H2,1-3H3,(H,25,28)/t16-/m1/s1. The van der Waals surface area contributed by atoms with Crippen LogP contribution in [0.5, 0.6) is 0 Å². The van der Waals surface area contributed by atoms with E-state index >= 15 is 0 Å². The van der Waals surface area contributed by atoms with Crippen LogP contribution < -0.4 is 10.9 Å². The van der Waals surface area contributed by atoms with Gasteiger partial charge in [-0.25, -0.2) is 4.98 Å². The van der Waals surface area contributed by atoms with Crippen LogP contribution in [0.25, 0.3) is 11.0 Å². The molecule has 0 saturated carbocycles. The first-order valence-corrected chi connectivity index (χ1v) is 11.0. The van der Waals surface area contributed by atoms with E-state index in [1.807, 2.05) is 51.1 Å². The Hall–Kier alpha value is -3.26. The van der Waals surface area contributed by atoms with E-state index in [-0.39, 0.29) is 29.8 Å². The number of H-pyrrole nitrogens is 1. The van der Waals surface area contributed by atoms with Crippen molar-refractivity contribution in [1.82, 2.24) is 19.9 Å². The molecule has 3 aromatic heterocycles. The molecule has 4 aromatic rings. The third-order valence-electron chi connectivity index (χ3n) is 5.02. The van der Waals surface area contributed by atoms with Crippen LogP contribution in [-0.4, -0.2) is 26.2 Å².